The predicted molar refractivity (Wildman–Crippen MR) is 70.6 cm³/mol. The number of carbonyl (C=O) groups excluding carboxylic acids is 1. The van der Waals surface area contributed by atoms with E-state index in [-0.39, 0.29) is 0 Å². The summed E-state index contributed by atoms with van der Waals surface area (Å²) in [6.07, 6.45) is 1.59. The maximum absolute atomic E-state index is 11.0. The summed E-state index contributed by atoms with van der Waals surface area (Å²) < 4.78 is 0. The Morgan fingerprint density at radius 3 is 3.00 bits per heavy atom. The largest absolute Gasteiger partial charge is 0.369 e. The molecule has 6 nitrogen and oxygen atoms in total. The lowest BCUT2D eigenvalue weighted by Crippen LogP contribution is -2.45. The van der Waals surface area contributed by atoms with E-state index in [9.17, 15) is 4.79 Å². The van der Waals surface area contributed by atoms with Crippen molar-refractivity contribution in [3.8, 4) is 0 Å². The molecule has 1 aromatic rings. The van der Waals surface area contributed by atoms with Gasteiger partial charge in [0.15, 0.2) is 0 Å². The predicted octanol–water partition coefficient (Wildman–Crippen LogP) is -0.502. The van der Waals surface area contributed by atoms with Gasteiger partial charge in [-0.05, 0) is 12.1 Å². The van der Waals surface area contributed by atoms with E-state index in [0.29, 0.717) is 11.4 Å². The number of rotatable bonds is 5. The van der Waals surface area contributed by atoms with Gasteiger partial charge in [0.25, 0.3) is 0 Å². The molecule has 0 spiro atoms. The van der Waals surface area contributed by atoms with Gasteiger partial charge in [-0.25, -0.2) is 4.98 Å². The van der Waals surface area contributed by atoms with Gasteiger partial charge in [0.2, 0.25) is 5.91 Å². The number of nitrogens with two attached hydrogens (primary N) is 1. The topological polar surface area (TPSA) is 83.3 Å². The van der Waals surface area contributed by atoms with Crippen LogP contribution in [0.1, 0.15) is 10.4 Å². The average molecular weight is 249 g/mol. The van der Waals surface area contributed by atoms with Crippen LogP contribution < -0.4 is 16.4 Å². The van der Waals surface area contributed by atoms with Crippen molar-refractivity contribution in [1.29, 1.82) is 0 Å². The quantitative estimate of drug-likeness (QED) is 0.655. The summed E-state index contributed by atoms with van der Waals surface area (Å²) in [4.78, 5) is 17.6. The van der Waals surface area contributed by atoms with Crippen molar-refractivity contribution >= 4 is 11.7 Å². The van der Waals surface area contributed by atoms with Gasteiger partial charge in [0.1, 0.15) is 5.82 Å². The Kier molecular flexibility index (Phi) is 4.49. The average Bonchev–Trinajstić information content (AvgIpc) is 2.40. The molecule has 0 unspecified atom stereocenters. The smallest absolute Gasteiger partial charge is 0.248 e. The van der Waals surface area contributed by atoms with Crippen molar-refractivity contribution in [2.24, 2.45) is 5.73 Å². The van der Waals surface area contributed by atoms with Crippen molar-refractivity contribution < 1.29 is 4.79 Å². The molecule has 1 saturated heterocycles. The molecule has 2 heterocycles. The molecule has 0 aromatic carbocycles. The number of anilines is 1. The standard InChI is InChI=1S/C12H19N5O/c13-12(18)10-1-2-15-11(9-10)16-5-8-17-6-3-14-4-7-17/h1-2,9,14H,3-8H2,(H2,13,18)(H,15,16). The molecule has 1 aromatic heterocycles. The van der Waals surface area contributed by atoms with Crippen molar-refractivity contribution in [2.45, 2.75) is 0 Å². The molecular weight excluding hydrogens is 230 g/mol. The van der Waals surface area contributed by atoms with E-state index in [1.807, 2.05) is 0 Å². The first-order valence-corrected chi connectivity index (χ1v) is 6.18. The van der Waals surface area contributed by atoms with E-state index < -0.39 is 5.91 Å². The molecule has 4 N–H and O–H groups in total. The second kappa shape index (κ2) is 6.32. The Morgan fingerprint density at radius 2 is 2.28 bits per heavy atom. The highest BCUT2D eigenvalue weighted by atomic mass is 16.1. The molecule has 1 amide bonds. The van der Waals surface area contributed by atoms with Gasteiger partial charge < -0.3 is 16.4 Å². The van der Waals surface area contributed by atoms with Crippen LogP contribution in [0.25, 0.3) is 0 Å². The second-order valence-electron chi connectivity index (χ2n) is 4.31. The minimum atomic E-state index is -0.428. The minimum absolute atomic E-state index is 0.428. The lowest BCUT2D eigenvalue weighted by Gasteiger charge is -2.27. The lowest BCUT2D eigenvalue weighted by atomic mass is 10.2. The Bertz CT molecular complexity index is 403. The molecule has 0 aliphatic carbocycles. The number of carbonyl (C=O) groups is 1. The first kappa shape index (κ1) is 12.8. The summed E-state index contributed by atoms with van der Waals surface area (Å²) in [5.74, 6) is 0.268. The van der Waals surface area contributed by atoms with Gasteiger partial charge in [-0.3, -0.25) is 9.69 Å². The van der Waals surface area contributed by atoms with Crippen molar-refractivity contribution in [1.82, 2.24) is 15.2 Å². The van der Waals surface area contributed by atoms with Gasteiger partial charge in [0.05, 0.1) is 0 Å². The number of pyridine rings is 1. The van der Waals surface area contributed by atoms with E-state index in [0.717, 1.165) is 39.3 Å². The summed E-state index contributed by atoms with van der Waals surface area (Å²) >= 11 is 0. The van der Waals surface area contributed by atoms with Crippen LogP contribution >= 0.6 is 0 Å². The maximum atomic E-state index is 11.0. The summed E-state index contributed by atoms with van der Waals surface area (Å²) in [5, 5.41) is 6.52. The van der Waals surface area contributed by atoms with E-state index in [1.54, 1.807) is 18.3 Å². The van der Waals surface area contributed by atoms with E-state index in [4.69, 9.17) is 5.73 Å². The van der Waals surface area contributed by atoms with E-state index in [1.165, 1.54) is 0 Å². The number of nitrogens with zero attached hydrogens (tertiary/aromatic N) is 2. The maximum Gasteiger partial charge on any atom is 0.248 e. The third-order valence-electron chi connectivity index (χ3n) is 2.99. The molecule has 2 rings (SSSR count). The number of hydrogen-bond donors (Lipinski definition) is 3. The summed E-state index contributed by atoms with van der Waals surface area (Å²) in [5.41, 5.74) is 5.70. The first-order chi connectivity index (χ1) is 8.75. The normalized spacial score (nSPS) is 16.4. The molecule has 0 saturated carbocycles. The first-order valence-electron chi connectivity index (χ1n) is 6.18. The van der Waals surface area contributed by atoms with E-state index >= 15 is 0 Å². The van der Waals surface area contributed by atoms with Crippen molar-refractivity contribution in [3.63, 3.8) is 0 Å². The van der Waals surface area contributed by atoms with Crippen LogP contribution in [-0.2, 0) is 0 Å². The van der Waals surface area contributed by atoms with Crippen molar-refractivity contribution in [2.75, 3.05) is 44.6 Å². The fourth-order valence-corrected chi connectivity index (χ4v) is 1.96. The monoisotopic (exact) mass is 249 g/mol. The fraction of sp³-hybridized carbons (Fsp3) is 0.500. The highest BCUT2D eigenvalue weighted by molar-refractivity contribution is 5.93. The second-order valence-corrected chi connectivity index (χ2v) is 4.31. The minimum Gasteiger partial charge on any atom is -0.369 e. The van der Waals surface area contributed by atoms with E-state index in [2.05, 4.69) is 20.5 Å². The van der Waals surface area contributed by atoms with Gasteiger partial charge in [-0.2, -0.15) is 0 Å². The Hall–Kier alpha value is -1.66. The molecule has 0 bridgehead atoms. The van der Waals surface area contributed by atoms with Gasteiger partial charge in [0, 0.05) is 51.0 Å². The van der Waals surface area contributed by atoms with Gasteiger partial charge >= 0.3 is 0 Å². The Balaban J connectivity index is 1.78. The lowest BCUT2D eigenvalue weighted by molar-refractivity contribution is 0.1000. The Labute approximate surface area is 107 Å². The van der Waals surface area contributed by atoms with Crippen molar-refractivity contribution in [3.05, 3.63) is 23.9 Å². The summed E-state index contributed by atoms with van der Waals surface area (Å²) in [7, 11) is 0. The molecule has 98 valence electrons. The molecule has 1 fully saturated rings. The zero-order chi connectivity index (χ0) is 12.8. The molecule has 1 aliphatic rings. The van der Waals surface area contributed by atoms with Crippen LogP contribution in [0.5, 0.6) is 0 Å². The van der Waals surface area contributed by atoms with Crippen LogP contribution in [0, 0.1) is 0 Å². The third-order valence-corrected chi connectivity index (χ3v) is 2.99. The number of aromatic nitrogens is 1. The van der Waals surface area contributed by atoms with Crippen LogP contribution in [0.4, 0.5) is 5.82 Å². The van der Waals surface area contributed by atoms with Crippen LogP contribution in [0.15, 0.2) is 18.3 Å². The van der Waals surface area contributed by atoms with Crippen LogP contribution in [-0.4, -0.2) is 55.1 Å². The van der Waals surface area contributed by atoms with Crippen LogP contribution in [0.3, 0.4) is 0 Å². The highest BCUT2D eigenvalue weighted by Gasteiger charge is 2.08. The highest BCUT2D eigenvalue weighted by Crippen LogP contribution is 2.05. The summed E-state index contributed by atoms with van der Waals surface area (Å²) in [6, 6.07) is 3.30. The van der Waals surface area contributed by atoms with Gasteiger partial charge in [-0.15, -0.1) is 0 Å². The number of primary amides is 1. The molecule has 0 radical (unpaired) electrons. The third kappa shape index (κ3) is 3.68. The number of hydrogen-bond acceptors (Lipinski definition) is 5. The summed E-state index contributed by atoms with van der Waals surface area (Å²) in [6.45, 7) is 6.05. The number of nitrogens with one attached hydrogen (secondary N) is 2. The zero-order valence-electron chi connectivity index (χ0n) is 10.4. The molecule has 18 heavy (non-hydrogen) atoms. The number of piperazine rings is 1. The fourth-order valence-electron chi connectivity index (χ4n) is 1.96. The SMILES string of the molecule is NC(=O)c1ccnc(NCCN2CCNCC2)c1. The molecule has 6 heteroatoms. The zero-order valence-corrected chi connectivity index (χ0v) is 10.4. The Morgan fingerprint density at radius 1 is 1.50 bits per heavy atom. The van der Waals surface area contributed by atoms with Crippen LogP contribution in [0.2, 0.25) is 0 Å². The molecule has 1 aliphatic heterocycles. The van der Waals surface area contributed by atoms with Gasteiger partial charge in [-0.1, -0.05) is 0 Å². The number of amides is 1. The molecule has 0 atom stereocenters. The molecular formula is C12H19N5O.